The van der Waals surface area contributed by atoms with Crippen molar-refractivity contribution < 1.29 is 0 Å². The Balaban J connectivity index is 1.95. The van der Waals surface area contributed by atoms with E-state index in [1.54, 1.807) is 17.7 Å². The molecule has 0 atom stereocenters. The van der Waals surface area contributed by atoms with E-state index in [2.05, 4.69) is 5.32 Å². The fourth-order valence-corrected chi connectivity index (χ4v) is 2.39. The lowest BCUT2D eigenvalue weighted by molar-refractivity contribution is 0.905. The van der Waals surface area contributed by atoms with Gasteiger partial charge in [-0.1, -0.05) is 30.3 Å². The quantitative estimate of drug-likeness (QED) is 0.725. The van der Waals surface area contributed by atoms with Gasteiger partial charge in [0.25, 0.3) is 5.56 Å². The zero-order valence-electron chi connectivity index (χ0n) is 11.8. The van der Waals surface area contributed by atoms with E-state index < -0.39 is 0 Å². The van der Waals surface area contributed by atoms with E-state index in [-0.39, 0.29) is 5.56 Å². The van der Waals surface area contributed by atoms with Gasteiger partial charge in [0.15, 0.2) is 0 Å². The molecule has 3 N–H and O–H groups in total. The summed E-state index contributed by atoms with van der Waals surface area (Å²) in [6, 6.07) is 17.2. The van der Waals surface area contributed by atoms with Crippen molar-refractivity contribution in [3.05, 3.63) is 70.5 Å². The predicted octanol–water partition coefficient (Wildman–Crippen LogP) is 2.73. The van der Waals surface area contributed by atoms with Crippen LogP contribution in [-0.2, 0) is 13.6 Å². The van der Waals surface area contributed by atoms with Gasteiger partial charge in [-0.25, -0.2) is 0 Å². The van der Waals surface area contributed by atoms with Crippen molar-refractivity contribution in [1.29, 1.82) is 0 Å². The molecule has 4 nitrogen and oxygen atoms in total. The molecule has 0 unspecified atom stereocenters. The number of anilines is 2. The number of nitrogens with zero attached hydrogens (tertiary/aromatic N) is 1. The lowest BCUT2D eigenvalue weighted by Crippen LogP contribution is -2.17. The maximum absolute atomic E-state index is 12.0. The molecule has 3 aromatic rings. The summed E-state index contributed by atoms with van der Waals surface area (Å²) in [6.45, 7) is 0.650. The van der Waals surface area contributed by atoms with Crippen LogP contribution in [0.5, 0.6) is 0 Å². The summed E-state index contributed by atoms with van der Waals surface area (Å²) < 4.78 is 1.66. The number of aromatic nitrogens is 1. The maximum atomic E-state index is 12.0. The van der Waals surface area contributed by atoms with Crippen LogP contribution in [0.3, 0.4) is 0 Å². The third-order valence-corrected chi connectivity index (χ3v) is 3.62. The summed E-state index contributed by atoms with van der Waals surface area (Å²) in [4.78, 5) is 12.0. The molecule has 0 fully saturated rings. The number of nitrogens with two attached hydrogens (primary N) is 1. The van der Waals surface area contributed by atoms with Crippen LogP contribution in [0.4, 0.5) is 11.4 Å². The van der Waals surface area contributed by atoms with Crippen molar-refractivity contribution in [2.45, 2.75) is 6.54 Å². The molecule has 0 bridgehead atoms. The van der Waals surface area contributed by atoms with Gasteiger partial charge in [0.2, 0.25) is 0 Å². The molecule has 0 radical (unpaired) electrons. The number of aryl methyl sites for hydroxylation is 1. The number of nitrogen functional groups attached to an aromatic ring is 1. The Labute approximate surface area is 122 Å². The minimum atomic E-state index is -0.0199. The zero-order chi connectivity index (χ0) is 14.8. The van der Waals surface area contributed by atoms with Gasteiger partial charge in [-0.2, -0.15) is 0 Å². The molecule has 1 heterocycles. The molecule has 0 saturated heterocycles. The lowest BCUT2D eigenvalue weighted by atomic mass is 10.1. The highest BCUT2D eigenvalue weighted by Gasteiger charge is 2.05. The van der Waals surface area contributed by atoms with E-state index in [0.717, 1.165) is 27.8 Å². The van der Waals surface area contributed by atoms with E-state index >= 15 is 0 Å². The molecule has 0 aliphatic heterocycles. The molecule has 106 valence electrons. The first kappa shape index (κ1) is 13.2. The van der Waals surface area contributed by atoms with Crippen molar-refractivity contribution in [3.8, 4) is 0 Å². The summed E-state index contributed by atoms with van der Waals surface area (Å²) in [5.74, 6) is 0. The molecule has 0 amide bonds. The Bertz CT molecular complexity index is 835. The fraction of sp³-hybridized carbons (Fsp3) is 0.118. The Hall–Kier alpha value is -2.75. The zero-order valence-corrected chi connectivity index (χ0v) is 11.8. The van der Waals surface area contributed by atoms with Crippen LogP contribution in [0.15, 0.2) is 59.4 Å². The van der Waals surface area contributed by atoms with Crippen LogP contribution in [0.2, 0.25) is 0 Å². The number of hydrogen-bond donors (Lipinski definition) is 2. The van der Waals surface area contributed by atoms with Crippen LogP contribution in [0, 0.1) is 0 Å². The fourth-order valence-electron chi connectivity index (χ4n) is 2.39. The standard InChI is InChI=1S/C17H17N3O/c1-20-16-5-3-2-4-14(16)15(10-17(20)21)19-11-12-6-8-13(18)9-7-12/h2-10,19H,11,18H2,1H3. The number of para-hydroxylation sites is 1. The van der Waals surface area contributed by atoms with Gasteiger partial charge in [-0.15, -0.1) is 0 Å². The highest BCUT2D eigenvalue weighted by atomic mass is 16.1. The first-order valence-corrected chi connectivity index (χ1v) is 6.82. The van der Waals surface area contributed by atoms with Crippen molar-refractivity contribution in [3.63, 3.8) is 0 Å². The molecular weight excluding hydrogens is 262 g/mol. The van der Waals surface area contributed by atoms with Crippen LogP contribution >= 0.6 is 0 Å². The summed E-state index contributed by atoms with van der Waals surface area (Å²) in [6.07, 6.45) is 0. The van der Waals surface area contributed by atoms with Gasteiger partial charge < -0.3 is 15.6 Å². The average Bonchev–Trinajstić information content (AvgIpc) is 2.51. The Kier molecular flexibility index (Phi) is 3.36. The van der Waals surface area contributed by atoms with Crippen molar-refractivity contribution >= 4 is 22.3 Å². The molecular formula is C17H17N3O. The van der Waals surface area contributed by atoms with Crippen molar-refractivity contribution in [1.82, 2.24) is 4.57 Å². The van der Waals surface area contributed by atoms with Crippen LogP contribution in [0.25, 0.3) is 10.9 Å². The molecule has 0 aliphatic rings. The van der Waals surface area contributed by atoms with Gasteiger partial charge in [-0.3, -0.25) is 4.79 Å². The maximum Gasteiger partial charge on any atom is 0.252 e. The Morgan fingerprint density at radius 3 is 2.57 bits per heavy atom. The largest absolute Gasteiger partial charge is 0.399 e. The number of rotatable bonds is 3. The van der Waals surface area contributed by atoms with Crippen LogP contribution in [0.1, 0.15) is 5.56 Å². The Morgan fingerprint density at radius 2 is 1.81 bits per heavy atom. The second-order valence-electron chi connectivity index (χ2n) is 5.07. The molecule has 0 spiro atoms. The molecule has 1 aromatic heterocycles. The number of hydrogen-bond acceptors (Lipinski definition) is 3. The Morgan fingerprint density at radius 1 is 1.10 bits per heavy atom. The van der Waals surface area contributed by atoms with Crippen molar-refractivity contribution in [2.75, 3.05) is 11.1 Å². The number of nitrogens with one attached hydrogen (secondary N) is 1. The van der Waals surface area contributed by atoms with Gasteiger partial charge in [0.05, 0.1) is 5.52 Å². The van der Waals surface area contributed by atoms with E-state index in [1.807, 2.05) is 48.5 Å². The number of pyridine rings is 1. The highest BCUT2D eigenvalue weighted by Crippen LogP contribution is 2.21. The first-order valence-electron chi connectivity index (χ1n) is 6.82. The van der Waals surface area contributed by atoms with E-state index in [4.69, 9.17) is 5.73 Å². The van der Waals surface area contributed by atoms with Crippen molar-refractivity contribution in [2.24, 2.45) is 7.05 Å². The summed E-state index contributed by atoms with van der Waals surface area (Å²) >= 11 is 0. The van der Waals surface area contributed by atoms with Crippen LogP contribution in [-0.4, -0.2) is 4.57 Å². The summed E-state index contributed by atoms with van der Waals surface area (Å²) in [5, 5.41) is 4.37. The van der Waals surface area contributed by atoms with Gasteiger partial charge in [0.1, 0.15) is 0 Å². The lowest BCUT2D eigenvalue weighted by Gasteiger charge is -2.12. The predicted molar refractivity (Wildman–Crippen MR) is 87.4 cm³/mol. The second-order valence-corrected chi connectivity index (χ2v) is 5.07. The van der Waals surface area contributed by atoms with E-state index in [9.17, 15) is 4.79 Å². The second kappa shape index (κ2) is 5.32. The smallest absolute Gasteiger partial charge is 0.252 e. The third-order valence-electron chi connectivity index (χ3n) is 3.62. The summed E-state index contributed by atoms with van der Waals surface area (Å²) in [7, 11) is 1.79. The summed E-state index contributed by atoms with van der Waals surface area (Å²) in [5.41, 5.74) is 9.30. The van der Waals surface area contributed by atoms with E-state index in [0.29, 0.717) is 6.54 Å². The van der Waals surface area contributed by atoms with E-state index in [1.165, 1.54) is 0 Å². The van der Waals surface area contributed by atoms with Crippen LogP contribution < -0.4 is 16.6 Å². The molecule has 0 aliphatic carbocycles. The van der Waals surface area contributed by atoms with Gasteiger partial charge >= 0.3 is 0 Å². The molecule has 4 heteroatoms. The first-order chi connectivity index (χ1) is 10.1. The molecule has 3 rings (SSSR count). The number of benzene rings is 2. The monoisotopic (exact) mass is 279 g/mol. The molecule has 21 heavy (non-hydrogen) atoms. The average molecular weight is 279 g/mol. The normalized spacial score (nSPS) is 10.7. The third kappa shape index (κ3) is 2.60. The minimum Gasteiger partial charge on any atom is -0.399 e. The molecule has 2 aromatic carbocycles. The number of fused-ring (bicyclic) bond motifs is 1. The topological polar surface area (TPSA) is 60.0 Å². The highest BCUT2D eigenvalue weighted by molar-refractivity contribution is 5.91. The van der Waals surface area contributed by atoms with Gasteiger partial charge in [0, 0.05) is 36.4 Å². The minimum absolute atomic E-state index is 0.0199. The van der Waals surface area contributed by atoms with Gasteiger partial charge in [-0.05, 0) is 23.8 Å². The SMILES string of the molecule is Cn1c(=O)cc(NCc2ccc(N)cc2)c2ccccc21. The molecule has 0 saturated carbocycles.